The van der Waals surface area contributed by atoms with Gasteiger partial charge >= 0.3 is 0 Å². The van der Waals surface area contributed by atoms with Crippen LogP contribution in [-0.2, 0) is 19.6 Å². The first-order chi connectivity index (χ1) is 15.3. The van der Waals surface area contributed by atoms with Crippen molar-refractivity contribution < 1.29 is 22.7 Å². The van der Waals surface area contributed by atoms with E-state index in [-0.39, 0.29) is 23.1 Å². The molecule has 0 spiro atoms. The van der Waals surface area contributed by atoms with Crippen LogP contribution >= 0.6 is 23.4 Å². The van der Waals surface area contributed by atoms with Crippen LogP contribution in [0.25, 0.3) is 0 Å². The molecule has 2 amide bonds. The first-order valence-electron chi connectivity index (χ1n) is 10.0. The Hall–Kier alpha value is -2.27. The van der Waals surface area contributed by atoms with Crippen molar-refractivity contribution in [2.24, 2.45) is 0 Å². The van der Waals surface area contributed by atoms with E-state index in [0.717, 1.165) is 17.7 Å². The molecule has 1 fully saturated rings. The summed E-state index contributed by atoms with van der Waals surface area (Å²) in [5.41, 5.74) is 0.889. The number of hydrogen-bond donors (Lipinski definition) is 1. The van der Waals surface area contributed by atoms with Crippen LogP contribution < -0.4 is 15.0 Å². The van der Waals surface area contributed by atoms with E-state index >= 15 is 0 Å². The summed E-state index contributed by atoms with van der Waals surface area (Å²) >= 11 is 7.43. The molecule has 2 heterocycles. The average molecular weight is 496 g/mol. The summed E-state index contributed by atoms with van der Waals surface area (Å²) in [6, 6.07) is 9.58. The van der Waals surface area contributed by atoms with E-state index < -0.39 is 15.9 Å². The number of benzene rings is 2. The van der Waals surface area contributed by atoms with Gasteiger partial charge in [-0.05, 0) is 49.2 Å². The molecule has 0 unspecified atom stereocenters. The second-order valence-corrected chi connectivity index (χ2v) is 10.8. The molecule has 2 aliphatic rings. The predicted molar refractivity (Wildman–Crippen MR) is 124 cm³/mol. The van der Waals surface area contributed by atoms with Crippen molar-refractivity contribution in [3.8, 4) is 5.75 Å². The summed E-state index contributed by atoms with van der Waals surface area (Å²) in [7, 11) is -2.15. The Morgan fingerprint density at radius 3 is 2.62 bits per heavy atom. The number of thioether (sulfide) groups is 1. The largest absolute Gasteiger partial charge is 0.495 e. The molecule has 2 aromatic carbocycles. The lowest BCUT2D eigenvalue weighted by atomic mass is 10.2. The molecule has 0 aliphatic carbocycles. The predicted octanol–water partition coefficient (Wildman–Crippen LogP) is 3.21. The third-order valence-electron chi connectivity index (χ3n) is 5.31. The number of rotatable bonds is 6. The molecule has 1 N–H and O–H groups in total. The third kappa shape index (κ3) is 4.59. The summed E-state index contributed by atoms with van der Waals surface area (Å²) < 4.78 is 32.5. The first kappa shape index (κ1) is 22.9. The highest BCUT2D eigenvalue weighted by Gasteiger charge is 2.31. The van der Waals surface area contributed by atoms with E-state index in [2.05, 4.69) is 5.32 Å². The lowest BCUT2D eigenvalue weighted by molar-refractivity contribution is -0.120. The maximum Gasteiger partial charge on any atom is 0.244 e. The Bertz CT molecular complexity index is 1170. The molecule has 8 nitrogen and oxygen atoms in total. The summed E-state index contributed by atoms with van der Waals surface area (Å²) in [4.78, 5) is 27.5. The number of nitrogens with one attached hydrogen (secondary N) is 1. The molecule has 0 aromatic heterocycles. The van der Waals surface area contributed by atoms with E-state index in [1.54, 1.807) is 30.3 Å². The summed E-state index contributed by atoms with van der Waals surface area (Å²) in [5, 5.41) is 3.06. The van der Waals surface area contributed by atoms with Crippen LogP contribution in [-0.4, -0.2) is 57.0 Å². The molecule has 2 aromatic rings. The molecule has 0 atom stereocenters. The highest BCUT2D eigenvalue weighted by molar-refractivity contribution is 8.00. The standard InChI is InChI=1S/C21H22ClN3O5S2/c1-30-18-6-4-14(10-16(18)22)23-20(26)12-25-17-11-15(5-7-19(17)31-13-21(25)27)32(28,29)24-8-2-3-9-24/h4-7,10-11H,2-3,8-9,12-13H2,1H3,(H,23,26). The second kappa shape index (κ2) is 9.30. The maximum atomic E-state index is 13.0. The Morgan fingerprint density at radius 2 is 1.94 bits per heavy atom. The fourth-order valence-electron chi connectivity index (χ4n) is 3.68. The third-order valence-corrected chi connectivity index (χ3v) is 8.55. The van der Waals surface area contributed by atoms with Crippen LogP contribution in [0.2, 0.25) is 5.02 Å². The van der Waals surface area contributed by atoms with Crippen molar-refractivity contribution >= 4 is 56.6 Å². The van der Waals surface area contributed by atoms with Gasteiger partial charge in [0.1, 0.15) is 12.3 Å². The van der Waals surface area contributed by atoms with Gasteiger partial charge in [-0.25, -0.2) is 8.42 Å². The van der Waals surface area contributed by atoms with Gasteiger partial charge in [0.15, 0.2) is 0 Å². The van der Waals surface area contributed by atoms with Gasteiger partial charge in [0.25, 0.3) is 0 Å². The number of carbonyl (C=O) groups excluding carboxylic acids is 2. The number of hydrogen-bond acceptors (Lipinski definition) is 6. The molecule has 1 saturated heterocycles. The molecule has 0 bridgehead atoms. The Labute approximate surface area is 195 Å². The molecule has 11 heteroatoms. The molecule has 170 valence electrons. The molecule has 2 aliphatic heterocycles. The smallest absolute Gasteiger partial charge is 0.244 e. The monoisotopic (exact) mass is 495 g/mol. The van der Waals surface area contributed by atoms with Crippen LogP contribution in [0.1, 0.15) is 12.8 Å². The normalized spacial score (nSPS) is 16.7. The fraction of sp³-hybridized carbons (Fsp3) is 0.333. The molecular formula is C21H22ClN3O5S2. The fourth-order valence-corrected chi connectivity index (χ4v) is 6.39. The summed E-state index contributed by atoms with van der Waals surface area (Å²) in [5.74, 6) is -0.0349. The van der Waals surface area contributed by atoms with Gasteiger partial charge in [0, 0.05) is 23.7 Å². The number of carbonyl (C=O) groups is 2. The molecule has 0 radical (unpaired) electrons. The average Bonchev–Trinajstić information content (AvgIpc) is 3.31. The van der Waals surface area contributed by atoms with Gasteiger partial charge in [0.05, 0.1) is 28.5 Å². The lowest BCUT2D eigenvalue weighted by Gasteiger charge is -2.29. The van der Waals surface area contributed by atoms with Crippen molar-refractivity contribution in [1.82, 2.24) is 4.31 Å². The van der Waals surface area contributed by atoms with Crippen molar-refractivity contribution in [2.45, 2.75) is 22.6 Å². The Morgan fingerprint density at radius 1 is 1.19 bits per heavy atom. The van der Waals surface area contributed by atoms with Gasteiger partial charge < -0.3 is 15.0 Å². The Balaban J connectivity index is 1.57. The van der Waals surface area contributed by atoms with Crippen LogP contribution in [0.5, 0.6) is 5.75 Å². The number of ether oxygens (including phenoxy) is 1. The van der Waals surface area contributed by atoms with Gasteiger partial charge in [-0.2, -0.15) is 4.31 Å². The minimum absolute atomic E-state index is 0.126. The number of halogens is 1. The topological polar surface area (TPSA) is 96.0 Å². The Kier molecular flexibility index (Phi) is 6.66. The number of nitrogens with zero attached hydrogens (tertiary/aromatic N) is 2. The van der Waals surface area contributed by atoms with Gasteiger partial charge in [-0.1, -0.05) is 11.6 Å². The van der Waals surface area contributed by atoms with E-state index in [1.165, 1.54) is 34.1 Å². The lowest BCUT2D eigenvalue weighted by Crippen LogP contribution is -2.41. The van der Waals surface area contributed by atoms with Crippen LogP contribution in [0.3, 0.4) is 0 Å². The van der Waals surface area contributed by atoms with Crippen molar-refractivity contribution in [2.75, 3.05) is 42.7 Å². The summed E-state index contributed by atoms with van der Waals surface area (Å²) in [6.07, 6.45) is 1.67. The van der Waals surface area contributed by atoms with Gasteiger partial charge in [0.2, 0.25) is 21.8 Å². The molecule has 0 saturated carbocycles. The quantitative estimate of drug-likeness (QED) is 0.661. The SMILES string of the molecule is COc1ccc(NC(=O)CN2C(=O)CSc3ccc(S(=O)(=O)N4CCCC4)cc32)cc1Cl. The minimum atomic E-state index is -3.64. The zero-order valence-corrected chi connectivity index (χ0v) is 19.7. The van der Waals surface area contributed by atoms with Crippen molar-refractivity contribution in [3.05, 3.63) is 41.4 Å². The minimum Gasteiger partial charge on any atom is -0.495 e. The summed E-state index contributed by atoms with van der Waals surface area (Å²) in [6.45, 7) is 0.733. The maximum absolute atomic E-state index is 13.0. The van der Waals surface area contributed by atoms with Crippen LogP contribution in [0, 0.1) is 0 Å². The van der Waals surface area contributed by atoms with E-state index in [4.69, 9.17) is 16.3 Å². The second-order valence-electron chi connectivity index (χ2n) is 7.41. The first-order valence-corrected chi connectivity index (χ1v) is 12.8. The van der Waals surface area contributed by atoms with E-state index in [9.17, 15) is 18.0 Å². The molecule has 32 heavy (non-hydrogen) atoms. The van der Waals surface area contributed by atoms with Crippen molar-refractivity contribution in [3.63, 3.8) is 0 Å². The van der Waals surface area contributed by atoms with E-state index in [0.29, 0.717) is 35.2 Å². The number of methoxy groups -OCH3 is 1. The van der Waals surface area contributed by atoms with Gasteiger partial charge in [-0.3, -0.25) is 9.59 Å². The molecular weight excluding hydrogens is 474 g/mol. The van der Waals surface area contributed by atoms with Crippen molar-refractivity contribution in [1.29, 1.82) is 0 Å². The highest BCUT2D eigenvalue weighted by atomic mass is 35.5. The zero-order chi connectivity index (χ0) is 22.9. The molecule has 4 rings (SSSR count). The number of sulfonamides is 1. The van der Waals surface area contributed by atoms with Crippen LogP contribution in [0.4, 0.5) is 11.4 Å². The number of fused-ring (bicyclic) bond motifs is 1. The van der Waals surface area contributed by atoms with E-state index in [1.807, 2.05) is 0 Å². The van der Waals surface area contributed by atoms with Gasteiger partial charge in [-0.15, -0.1) is 11.8 Å². The zero-order valence-electron chi connectivity index (χ0n) is 17.3. The number of amides is 2. The van der Waals surface area contributed by atoms with Crippen LogP contribution in [0.15, 0.2) is 46.2 Å². The number of anilines is 2. The highest BCUT2D eigenvalue weighted by Crippen LogP contribution is 2.37.